The summed E-state index contributed by atoms with van der Waals surface area (Å²) in [5, 5.41) is 10.9. The zero-order valence-corrected chi connectivity index (χ0v) is 19.5. The fourth-order valence-corrected chi connectivity index (χ4v) is 4.02. The number of aliphatic hydroxyl groups is 1. The van der Waals surface area contributed by atoms with Gasteiger partial charge in [0.2, 0.25) is 5.95 Å². The van der Waals surface area contributed by atoms with E-state index in [9.17, 15) is 14.7 Å². The van der Waals surface area contributed by atoms with Crippen LogP contribution in [-0.2, 0) is 9.59 Å². The van der Waals surface area contributed by atoms with Crippen LogP contribution in [-0.4, -0.2) is 41.0 Å². The third-order valence-corrected chi connectivity index (χ3v) is 5.71. The van der Waals surface area contributed by atoms with E-state index in [1.54, 1.807) is 39.0 Å². The van der Waals surface area contributed by atoms with Gasteiger partial charge in [0.15, 0.2) is 23.0 Å². The number of aromatic nitrogens is 2. The van der Waals surface area contributed by atoms with Crippen LogP contribution in [0.3, 0.4) is 0 Å². The Morgan fingerprint density at radius 3 is 2.42 bits per heavy atom. The number of nitrogens with zero attached hydrogens (tertiary/aromatic N) is 2. The predicted octanol–water partition coefficient (Wildman–Crippen LogP) is 4.40. The molecule has 0 fully saturated rings. The van der Waals surface area contributed by atoms with Crippen molar-refractivity contribution in [3.05, 3.63) is 58.9 Å². The maximum Gasteiger partial charge on any atom is 0.296 e. The Bertz CT molecular complexity index is 1300. The highest BCUT2D eigenvalue weighted by atomic mass is 16.5. The molecule has 1 aliphatic heterocycles. The number of nitrogens with one attached hydrogen (secondary N) is 1. The minimum Gasteiger partial charge on any atom is -0.503 e. The molecule has 0 radical (unpaired) electrons. The smallest absolute Gasteiger partial charge is 0.296 e. The standard InChI is InChI=1S/C25H27N3O5/c1-13-7-9-15-16(11-13)27-24(26-15)28-20(14-8-10-17(32-5)18(12-14)33-6)19(21(29)23(28)31)22(30)25(2,3)4/h7-12,20,29H,1-6H3,(H,26,27). The van der Waals surface area contributed by atoms with Gasteiger partial charge in [-0.05, 0) is 42.3 Å². The van der Waals surface area contributed by atoms with Gasteiger partial charge in [-0.1, -0.05) is 32.9 Å². The lowest BCUT2D eigenvalue weighted by atomic mass is 9.82. The normalized spacial score (nSPS) is 16.6. The van der Waals surface area contributed by atoms with Gasteiger partial charge in [0.05, 0.1) is 36.9 Å². The van der Waals surface area contributed by atoms with E-state index in [0.29, 0.717) is 22.6 Å². The molecule has 1 amide bonds. The van der Waals surface area contributed by atoms with Crippen molar-refractivity contribution in [3.8, 4) is 11.5 Å². The Morgan fingerprint density at radius 2 is 1.79 bits per heavy atom. The van der Waals surface area contributed by atoms with Gasteiger partial charge in [-0.25, -0.2) is 4.98 Å². The number of amides is 1. The molecular formula is C25H27N3O5. The fourth-order valence-electron chi connectivity index (χ4n) is 4.02. The molecule has 1 unspecified atom stereocenters. The van der Waals surface area contributed by atoms with Crippen LogP contribution in [0.25, 0.3) is 11.0 Å². The summed E-state index contributed by atoms with van der Waals surface area (Å²) in [7, 11) is 3.04. The highest BCUT2D eigenvalue weighted by Gasteiger charge is 2.48. The summed E-state index contributed by atoms with van der Waals surface area (Å²) in [5.74, 6) is -0.416. The Kier molecular flexibility index (Phi) is 5.40. The average molecular weight is 450 g/mol. The number of hydrogen-bond donors (Lipinski definition) is 2. The number of carbonyl (C=O) groups excluding carboxylic acids is 2. The first-order chi connectivity index (χ1) is 15.6. The van der Waals surface area contributed by atoms with E-state index < -0.39 is 23.1 Å². The lowest BCUT2D eigenvalue weighted by molar-refractivity contribution is -0.123. The van der Waals surface area contributed by atoms with Gasteiger partial charge in [0, 0.05) is 5.41 Å². The minimum absolute atomic E-state index is 0.0244. The largest absolute Gasteiger partial charge is 0.503 e. The van der Waals surface area contributed by atoms with E-state index in [0.717, 1.165) is 11.1 Å². The van der Waals surface area contributed by atoms with E-state index in [1.165, 1.54) is 19.1 Å². The molecule has 0 saturated carbocycles. The molecule has 2 aromatic carbocycles. The number of hydrogen-bond acceptors (Lipinski definition) is 6. The number of methoxy groups -OCH3 is 2. The van der Waals surface area contributed by atoms with E-state index in [-0.39, 0.29) is 17.3 Å². The van der Waals surface area contributed by atoms with Crippen LogP contribution in [0.1, 0.15) is 37.9 Å². The number of aromatic amines is 1. The molecule has 0 aliphatic carbocycles. The molecule has 8 heteroatoms. The van der Waals surface area contributed by atoms with Crippen LogP contribution in [0.4, 0.5) is 5.95 Å². The molecule has 3 aromatic rings. The molecule has 0 saturated heterocycles. The number of ether oxygens (including phenoxy) is 2. The molecule has 2 heterocycles. The molecule has 0 spiro atoms. The van der Waals surface area contributed by atoms with Crippen molar-refractivity contribution in [2.24, 2.45) is 5.41 Å². The van der Waals surface area contributed by atoms with Crippen LogP contribution in [0.15, 0.2) is 47.7 Å². The molecule has 0 bridgehead atoms. The fraction of sp³-hybridized carbons (Fsp3) is 0.320. The van der Waals surface area contributed by atoms with Gasteiger partial charge in [0.1, 0.15) is 0 Å². The van der Waals surface area contributed by atoms with Gasteiger partial charge in [-0.2, -0.15) is 0 Å². The second kappa shape index (κ2) is 7.95. The quantitative estimate of drug-likeness (QED) is 0.598. The number of rotatable bonds is 5. The topological polar surface area (TPSA) is 105 Å². The SMILES string of the molecule is COc1ccc(C2C(C(=O)C(C)(C)C)=C(O)C(=O)N2c2nc3ccc(C)cc3[nH]2)cc1OC. The van der Waals surface area contributed by atoms with E-state index >= 15 is 0 Å². The van der Waals surface area contributed by atoms with E-state index in [1.807, 2.05) is 25.1 Å². The highest BCUT2D eigenvalue weighted by Crippen LogP contribution is 2.44. The number of benzene rings is 2. The van der Waals surface area contributed by atoms with Crippen LogP contribution >= 0.6 is 0 Å². The van der Waals surface area contributed by atoms with Gasteiger partial charge < -0.3 is 19.6 Å². The first-order valence-electron chi connectivity index (χ1n) is 10.6. The van der Waals surface area contributed by atoms with Crippen LogP contribution in [0.5, 0.6) is 11.5 Å². The lowest BCUT2D eigenvalue weighted by Gasteiger charge is -2.27. The summed E-state index contributed by atoms with van der Waals surface area (Å²) in [4.78, 5) is 35.8. The van der Waals surface area contributed by atoms with Crippen molar-refractivity contribution in [2.75, 3.05) is 19.1 Å². The number of aliphatic hydroxyl groups excluding tert-OH is 1. The summed E-state index contributed by atoms with van der Waals surface area (Å²) in [6.45, 7) is 7.20. The Labute approximate surface area is 191 Å². The van der Waals surface area contributed by atoms with Crippen LogP contribution < -0.4 is 14.4 Å². The van der Waals surface area contributed by atoms with Crippen molar-refractivity contribution in [1.82, 2.24) is 9.97 Å². The first kappa shape index (κ1) is 22.4. The number of imidazole rings is 1. The first-order valence-corrected chi connectivity index (χ1v) is 10.6. The molecule has 8 nitrogen and oxygen atoms in total. The molecule has 1 atom stereocenters. The summed E-state index contributed by atoms with van der Waals surface area (Å²) in [5.41, 5.74) is 2.24. The van der Waals surface area contributed by atoms with E-state index in [4.69, 9.17) is 9.47 Å². The van der Waals surface area contributed by atoms with Crippen molar-refractivity contribution >= 4 is 28.7 Å². The molecule has 33 heavy (non-hydrogen) atoms. The number of fused-ring (bicyclic) bond motifs is 1. The number of Topliss-reactive ketones (excluding diaryl/α,β-unsaturated/α-hetero) is 1. The zero-order chi connectivity index (χ0) is 24.1. The molecule has 4 rings (SSSR count). The number of H-pyrrole nitrogens is 1. The van der Waals surface area contributed by atoms with Crippen molar-refractivity contribution < 1.29 is 24.2 Å². The third kappa shape index (κ3) is 3.71. The Morgan fingerprint density at radius 1 is 1.09 bits per heavy atom. The summed E-state index contributed by atoms with van der Waals surface area (Å²) < 4.78 is 10.8. The second-order valence-electron chi connectivity index (χ2n) is 9.11. The second-order valence-corrected chi connectivity index (χ2v) is 9.11. The molecule has 172 valence electrons. The van der Waals surface area contributed by atoms with E-state index in [2.05, 4.69) is 9.97 Å². The van der Waals surface area contributed by atoms with Crippen LogP contribution in [0, 0.1) is 12.3 Å². The van der Waals surface area contributed by atoms with Crippen LogP contribution in [0.2, 0.25) is 0 Å². The van der Waals surface area contributed by atoms with Gasteiger partial charge >= 0.3 is 0 Å². The predicted molar refractivity (Wildman–Crippen MR) is 125 cm³/mol. The van der Waals surface area contributed by atoms with Crippen molar-refractivity contribution in [2.45, 2.75) is 33.7 Å². The number of ketones is 1. The summed E-state index contributed by atoms with van der Waals surface area (Å²) in [6.07, 6.45) is 0. The minimum atomic E-state index is -0.898. The highest BCUT2D eigenvalue weighted by molar-refractivity contribution is 6.17. The molecular weight excluding hydrogens is 422 g/mol. The maximum atomic E-state index is 13.4. The maximum absolute atomic E-state index is 13.4. The Hall–Kier alpha value is -3.81. The number of carbonyl (C=O) groups is 2. The molecule has 1 aliphatic rings. The summed E-state index contributed by atoms with van der Waals surface area (Å²) in [6, 6.07) is 9.95. The summed E-state index contributed by atoms with van der Waals surface area (Å²) >= 11 is 0. The van der Waals surface area contributed by atoms with Gasteiger partial charge in [-0.15, -0.1) is 0 Å². The number of anilines is 1. The molecule has 1 aromatic heterocycles. The third-order valence-electron chi connectivity index (χ3n) is 5.71. The number of aryl methyl sites for hydroxylation is 1. The van der Waals surface area contributed by atoms with Crippen molar-refractivity contribution in [1.29, 1.82) is 0 Å². The lowest BCUT2D eigenvalue weighted by Crippen LogP contribution is -2.33. The Balaban J connectivity index is 1.93. The van der Waals surface area contributed by atoms with Crippen molar-refractivity contribution in [3.63, 3.8) is 0 Å². The molecule has 2 N–H and O–H groups in total. The van der Waals surface area contributed by atoms with Gasteiger partial charge in [-0.3, -0.25) is 14.5 Å². The monoisotopic (exact) mass is 449 g/mol. The zero-order valence-electron chi connectivity index (χ0n) is 19.5. The average Bonchev–Trinajstić information content (AvgIpc) is 3.30. The van der Waals surface area contributed by atoms with Gasteiger partial charge in [0.25, 0.3) is 5.91 Å².